The van der Waals surface area contributed by atoms with Gasteiger partial charge < -0.3 is 0 Å². The van der Waals surface area contributed by atoms with E-state index in [1.165, 1.54) is 0 Å². The molecule has 0 bridgehead atoms. The highest BCUT2D eigenvalue weighted by atomic mass is 15.4. The van der Waals surface area contributed by atoms with E-state index in [9.17, 15) is 0 Å². The van der Waals surface area contributed by atoms with Gasteiger partial charge in [-0.15, -0.1) is 5.10 Å². The molecule has 0 atom stereocenters. The predicted octanol–water partition coefficient (Wildman–Crippen LogP) is 0.662. The molecule has 54 valence electrons. The Balaban J connectivity index is 2.46. The van der Waals surface area contributed by atoms with Crippen molar-refractivity contribution >= 4 is 0 Å². The van der Waals surface area contributed by atoms with Gasteiger partial charge in [0.1, 0.15) is 0 Å². The maximum atomic E-state index is 3.89. The van der Waals surface area contributed by atoms with Crippen LogP contribution < -0.4 is 0 Å². The molecule has 0 amide bonds. The van der Waals surface area contributed by atoms with Gasteiger partial charge in [-0.1, -0.05) is 5.21 Å². The van der Waals surface area contributed by atoms with Crippen LogP contribution in [0.5, 0.6) is 0 Å². The molecule has 0 aliphatic heterocycles. The number of aromatic nitrogens is 4. The van der Waals surface area contributed by atoms with Crippen molar-refractivity contribution in [3.05, 3.63) is 36.9 Å². The van der Waals surface area contributed by atoms with E-state index in [0.717, 1.165) is 5.69 Å². The highest BCUT2D eigenvalue weighted by Crippen LogP contribution is 2.00. The van der Waals surface area contributed by atoms with Crippen molar-refractivity contribution in [2.45, 2.75) is 0 Å². The fourth-order valence-corrected chi connectivity index (χ4v) is 0.843. The number of nitrogens with zero attached hydrogens (tertiary/aromatic N) is 4. The first kappa shape index (κ1) is 6.03. The molecule has 4 heteroatoms. The molecule has 0 aromatic carbocycles. The largest absolute Gasteiger partial charge is 0.265 e. The molecule has 2 heterocycles. The van der Waals surface area contributed by atoms with Gasteiger partial charge in [0.05, 0.1) is 18.1 Å². The zero-order valence-corrected chi connectivity index (χ0v) is 5.75. The van der Waals surface area contributed by atoms with Crippen LogP contribution in [0.2, 0.25) is 0 Å². The molecule has 0 aliphatic carbocycles. The number of pyridine rings is 1. The molecule has 0 spiro atoms. The minimum Gasteiger partial charge on any atom is -0.265 e. The van der Waals surface area contributed by atoms with Gasteiger partial charge in [-0.2, -0.15) is 0 Å². The summed E-state index contributed by atoms with van der Waals surface area (Å²) in [5, 5.41) is 7.52. The first-order chi connectivity index (χ1) is 5.47. The lowest BCUT2D eigenvalue weighted by Gasteiger charge is -1.95. The second-order valence-electron chi connectivity index (χ2n) is 2.05. The normalized spacial score (nSPS) is 9.82. The summed E-state index contributed by atoms with van der Waals surface area (Å²) in [4.78, 5) is 3.89. The van der Waals surface area contributed by atoms with E-state index in [2.05, 4.69) is 15.3 Å². The van der Waals surface area contributed by atoms with Gasteiger partial charge in [-0.25, -0.2) is 4.68 Å². The fraction of sp³-hybridized carbons (Fsp3) is 0. The van der Waals surface area contributed by atoms with Gasteiger partial charge in [-0.3, -0.25) is 4.98 Å². The van der Waals surface area contributed by atoms with Crippen LogP contribution in [0.3, 0.4) is 0 Å². The molecule has 0 unspecified atom stereocenters. The molecular formula is C7H6N4. The summed E-state index contributed by atoms with van der Waals surface area (Å²) in [7, 11) is 0. The first-order valence-electron chi connectivity index (χ1n) is 3.23. The van der Waals surface area contributed by atoms with Gasteiger partial charge in [0.15, 0.2) is 0 Å². The Morgan fingerprint density at radius 3 is 2.55 bits per heavy atom. The summed E-state index contributed by atoms with van der Waals surface area (Å²) in [5.74, 6) is 0. The Labute approximate surface area is 63.5 Å². The van der Waals surface area contributed by atoms with E-state index in [1.54, 1.807) is 29.5 Å². The summed E-state index contributed by atoms with van der Waals surface area (Å²) in [6, 6.07) is 3.74. The predicted molar refractivity (Wildman–Crippen MR) is 39.2 cm³/mol. The second-order valence-corrected chi connectivity index (χ2v) is 2.05. The third-order valence-corrected chi connectivity index (χ3v) is 1.35. The lowest BCUT2D eigenvalue weighted by Crippen LogP contribution is -1.94. The van der Waals surface area contributed by atoms with Gasteiger partial charge in [0.25, 0.3) is 0 Å². The fourth-order valence-electron chi connectivity index (χ4n) is 0.843. The third kappa shape index (κ3) is 1.10. The second kappa shape index (κ2) is 2.49. The molecule has 2 aromatic heterocycles. The Hall–Kier alpha value is -1.71. The quantitative estimate of drug-likeness (QED) is 0.593. The number of rotatable bonds is 1. The molecule has 2 rings (SSSR count). The summed E-state index contributed by atoms with van der Waals surface area (Å²) in [6.07, 6.45) is 6.86. The lowest BCUT2D eigenvalue weighted by atomic mass is 10.4. The van der Waals surface area contributed by atoms with Gasteiger partial charge in [0, 0.05) is 12.4 Å². The average molecular weight is 146 g/mol. The summed E-state index contributed by atoms with van der Waals surface area (Å²) in [6.45, 7) is 0. The van der Waals surface area contributed by atoms with Crippen LogP contribution in [0, 0.1) is 0 Å². The van der Waals surface area contributed by atoms with Crippen LogP contribution in [0.15, 0.2) is 36.9 Å². The van der Waals surface area contributed by atoms with Crippen molar-refractivity contribution in [2.24, 2.45) is 0 Å². The first-order valence-corrected chi connectivity index (χ1v) is 3.23. The minimum atomic E-state index is 0.970. The van der Waals surface area contributed by atoms with E-state index in [-0.39, 0.29) is 0 Å². The number of hydrogen-bond donors (Lipinski definition) is 0. The molecule has 0 saturated carbocycles. The van der Waals surface area contributed by atoms with Crippen molar-refractivity contribution in [1.82, 2.24) is 20.0 Å². The van der Waals surface area contributed by atoms with Gasteiger partial charge >= 0.3 is 0 Å². The zero-order valence-electron chi connectivity index (χ0n) is 5.75. The Kier molecular flexibility index (Phi) is 1.37. The summed E-state index contributed by atoms with van der Waals surface area (Å²) < 4.78 is 1.68. The van der Waals surface area contributed by atoms with Crippen molar-refractivity contribution in [3.8, 4) is 5.69 Å². The van der Waals surface area contributed by atoms with Crippen LogP contribution in [-0.2, 0) is 0 Å². The average Bonchev–Trinajstić information content (AvgIpc) is 2.58. The smallest absolute Gasteiger partial charge is 0.0697 e. The van der Waals surface area contributed by atoms with Crippen molar-refractivity contribution in [1.29, 1.82) is 0 Å². The van der Waals surface area contributed by atoms with E-state index in [1.807, 2.05) is 12.1 Å². The maximum Gasteiger partial charge on any atom is 0.0697 e. The highest BCUT2D eigenvalue weighted by molar-refractivity contribution is 5.26. The van der Waals surface area contributed by atoms with E-state index in [4.69, 9.17) is 0 Å². The molecule has 2 aromatic rings. The van der Waals surface area contributed by atoms with Crippen molar-refractivity contribution in [3.63, 3.8) is 0 Å². The lowest BCUT2D eigenvalue weighted by molar-refractivity contribution is 0.802. The topological polar surface area (TPSA) is 43.6 Å². The molecule has 11 heavy (non-hydrogen) atoms. The Morgan fingerprint density at radius 2 is 1.91 bits per heavy atom. The maximum absolute atomic E-state index is 3.89. The van der Waals surface area contributed by atoms with E-state index in [0.29, 0.717) is 0 Å². The van der Waals surface area contributed by atoms with Gasteiger partial charge in [0.2, 0.25) is 0 Å². The standard InChI is InChI=1S/C7H6N4/c1-3-8-4-2-7(1)11-6-5-9-10-11/h1-6H. The van der Waals surface area contributed by atoms with E-state index < -0.39 is 0 Å². The summed E-state index contributed by atoms with van der Waals surface area (Å²) in [5.41, 5.74) is 0.970. The van der Waals surface area contributed by atoms with Crippen molar-refractivity contribution < 1.29 is 0 Å². The molecule has 0 radical (unpaired) electrons. The molecule has 4 nitrogen and oxygen atoms in total. The molecule has 0 aliphatic rings. The molecule has 0 saturated heterocycles. The van der Waals surface area contributed by atoms with Crippen molar-refractivity contribution in [2.75, 3.05) is 0 Å². The van der Waals surface area contributed by atoms with Crippen LogP contribution in [0.1, 0.15) is 0 Å². The monoisotopic (exact) mass is 146 g/mol. The number of hydrogen-bond acceptors (Lipinski definition) is 3. The molecule has 0 fully saturated rings. The SMILES string of the molecule is c1cc(-n2ccnn2)ccn1. The zero-order chi connectivity index (χ0) is 7.52. The Morgan fingerprint density at radius 1 is 1.09 bits per heavy atom. The van der Waals surface area contributed by atoms with Gasteiger partial charge in [-0.05, 0) is 12.1 Å². The summed E-state index contributed by atoms with van der Waals surface area (Å²) >= 11 is 0. The molecular weight excluding hydrogens is 140 g/mol. The highest BCUT2D eigenvalue weighted by Gasteiger charge is 1.92. The Bertz CT molecular complexity index is 313. The van der Waals surface area contributed by atoms with E-state index >= 15 is 0 Å². The van der Waals surface area contributed by atoms with Crippen LogP contribution in [0.25, 0.3) is 5.69 Å². The van der Waals surface area contributed by atoms with Crippen LogP contribution >= 0.6 is 0 Å². The molecule has 0 N–H and O–H groups in total. The minimum absolute atomic E-state index is 0.970. The van der Waals surface area contributed by atoms with Crippen LogP contribution in [-0.4, -0.2) is 20.0 Å². The third-order valence-electron chi connectivity index (χ3n) is 1.35. The van der Waals surface area contributed by atoms with Crippen LogP contribution in [0.4, 0.5) is 0 Å².